The van der Waals surface area contributed by atoms with Crippen molar-refractivity contribution in [1.29, 1.82) is 0 Å². The van der Waals surface area contributed by atoms with Gasteiger partial charge < -0.3 is 4.23 Å². The molecule has 2 rings (SSSR count). The summed E-state index contributed by atoms with van der Waals surface area (Å²) in [6.07, 6.45) is 13.1. The lowest BCUT2D eigenvalue weighted by atomic mass is 10.5. The Bertz CT molecular complexity index is 725. The van der Waals surface area contributed by atoms with E-state index in [1.54, 1.807) is 6.33 Å². The molecular weight excluding hydrogens is 414 g/mol. The molecule has 0 saturated heterocycles. The maximum atomic E-state index is 5.21. The molecule has 0 amide bonds. The molecule has 0 N–H and O–H groups in total. The van der Waals surface area contributed by atoms with Crippen LogP contribution >= 0.6 is 0 Å². The minimum Gasteiger partial charge on any atom is -0.407 e. The van der Waals surface area contributed by atoms with Gasteiger partial charge in [-0.25, -0.2) is 19.9 Å². The second kappa shape index (κ2) is 12.6. The zero-order chi connectivity index (χ0) is 22.7. The largest absolute Gasteiger partial charge is 0.407 e. The van der Waals surface area contributed by atoms with Gasteiger partial charge in [-0.15, -0.1) is 0 Å². The number of aromatic nitrogens is 4. The van der Waals surface area contributed by atoms with Gasteiger partial charge in [-0.3, -0.25) is 0 Å². The predicted octanol–water partition coefficient (Wildman–Crippen LogP) is 7.58. The second-order valence-corrected chi connectivity index (χ2v) is 18.5. The van der Waals surface area contributed by atoms with Crippen molar-refractivity contribution in [2.75, 3.05) is 4.23 Å². The molecule has 174 valence electrons. The average molecular weight is 460 g/mol. The zero-order valence-electron chi connectivity index (χ0n) is 21.0. The predicted molar refractivity (Wildman–Crippen MR) is 140 cm³/mol. The van der Waals surface area contributed by atoms with E-state index >= 15 is 0 Å². The first-order chi connectivity index (χ1) is 15.1. The molecule has 0 radical (unpaired) electrons. The third-order valence-corrected chi connectivity index (χ3v) is 20.5. The van der Waals surface area contributed by atoms with Crippen LogP contribution in [0.5, 0.6) is 0 Å². The SMILES string of the molecule is CCC[Si](CCC)(CCC)N(c1cnc2ncncc2n1)[Si](CCC)(CCC)CCC. The maximum Gasteiger partial charge on any atom is 0.181 e. The fourth-order valence-electron chi connectivity index (χ4n) is 6.08. The number of hydrogen-bond acceptors (Lipinski definition) is 5. The first kappa shape index (κ1) is 25.9. The van der Waals surface area contributed by atoms with Crippen molar-refractivity contribution >= 4 is 33.5 Å². The van der Waals surface area contributed by atoms with Crippen molar-refractivity contribution in [3.63, 3.8) is 0 Å². The van der Waals surface area contributed by atoms with Gasteiger partial charge in [0, 0.05) is 0 Å². The standard InChI is InChI=1S/C24H45N5Si2/c1-7-13-30(14-8-2,15-9-3)29(31(16-10-4,17-11-5)18-12-6)23-20-26-24-22(28-23)19-25-21-27-24/h19-21H,7-18H2,1-6H3. The van der Waals surface area contributed by atoms with Crippen molar-refractivity contribution in [2.45, 2.75) is 116 Å². The lowest BCUT2D eigenvalue weighted by molar-refractivity contribution is 0.870. The van der Waals surface area contributed by atoms with E-state index in [0.717, 1.165) is 11.3 Å². The Morgan fingerprint density at radius 1 is 0.645 bits per heavy atom. The molecule has 0 aromatic carbocycles. The number of rotatable bonds is 15. The molecule has 0 saturated carbocycles. The van der Waals surface area contributed by atoms with E-state index in [-0.39, 0.29) is 0 Å². The molecule has 5 nitrogen and oxygen atoms in total. The van der Waals surface area contributed by atoms with Crippen molar-refractivity contribution < 1.29 is 0 Å². The summed E-state index contributed by atoms with van der Waals surface area (Å²) in [6.45, 7) is 14.3. The summed E-state index contributed by atoms with van der Waals surface area (Å²) in [5.41, 5.74) is 1.55. The van der Waals surface area contributed by atoms with Gasteiger partial charge in [0.15, 0.2) is 5.65 Å². The molecule has 0 aliphatic carbocycles. The Morgan fingerprint density at radius 2 is 1.10 bits per heavy atom. The van der Waals surface area contributed by atoms with Gasteiger partial charge in [0.25, 0.3) is 0 Å². The highest BCUT2D eigenvalue weighted by atomic mass is 28.4. The zero-order valence-corrected chi connectivity index (χ0v) is 23.0. The van der Waals surface area contributed by atoms with Crippen LogP contribution in [0.15, 0.2) is 18.7 Å². The lowest BCUT2D eigenvalue weighted by Crippen LogP contribution is -2.67. The smallest absolute Gasteiger partial charge is 0.181 e. The summed E-state index contributed by atoms with van der Waals surface area (Å²) in [6, 6.07) is 8.20. The summed E-state index contributed by atoms with van der Waals surface area (Å²) < 4.78 is 3.06. The number of nitrogens with zero attached hydrogens (tertiary/aromatic N) is 5. The first-order valence-corrected chi connectivity index (χ1v) is 17.9. The minimum absolute atomic E-state index is 0.709. The Labute approximate surface area is 192 Å². The van der Waals surface area contributed by atoms with Gasteiger partial charge in [-0.2, -0.15) is 0 Å². The van der Waals surface area contributed by atoms with Gasteiger partial charge >= 0.3 is 0 Å². The highest BCUT2D eigenvalue weighted by molar-refractivity contribution is 7.02. The van der Waals surface area contributed by atoms with E-state index in [1.165, 1.54) is 74.8 Å². The minimum atomic E-state index is -1.75. The van der Waals surface area contributed by atoms with Crippen molar-refractivity contribution in [1.82, 2.24) is 19.9 Å². The van der Waals surface area contributed by atoms with E-state index in [0.29, 0.717) is 5.65 Å². The highest BCUT2D eigenvalue weighted by Gasteiger charge is 2.49. The van der Waals surface area contributed by atoms with E-state index in [2.05, 4.69) is 61.9 Å². The van der Waals surface area contributed by atoms with Crippen LogP contribution in [0.2, 0.25) is 36.3 Å². The summed E-state index contributed by atoms with van der Waals surface area (Å²) in [5, 5.41) is 0. The summed E-state index contributed by atoms with van der Waals surface area (Å²) >= 11 is 0. The van der Waals surface area contributed by atoms with Crippen LogP contribution in [0.3, 0.4) is 0 Å². The molecular formula is C24H45N5Si2. The molecule has 31 heavy (non-hydrogen) atoms. The van der Waals surface area contributed by atoms with E-state index in [4.69, 9.17) is 9.97 Å². The molecule has 0 aliphatic rings. The normalized spacial score (nSPS) is 12.5. The summed E-state index contributed by atoms with van der Waals surface area (Å²) in [4.78, 5) is 18.6. The van der Waals surface area contributed by atoms with Crippen LogP contribution in [0.1, 0.15) is 80.1 Å². The molecule has 2 heterocycles. The van der Waals surface area contributed by atoms with Crippen molar-refractivity contribution in [3.05, 3.63) is 18.7 Å². The van der Waals surface area contributed by atoms with Gasteiger partial charge in [-0.1, -0.05) is 80.1 Å². The Kier molecular flexibility index (Phi) is 10.6. The maximum absolute atomic E-state index is 5.21. The molecule has 7 heteroatoms. The van der Waals surface area contributed by atoms with Gasteiger partial charge in [-0.05, 0) is 36.3 Å². The highest BCUT2D eigenvalue weighted by Crippen LogP contribution is 2.42. The van der Waals surface area contributed by atoms with Crippen LogP contribution in [-0.4, -0.2) is 36.4 Å². The monoisotopic (exact) mass is 459 g/mol. The van der Waals surface area contributed by atoms with Crippen LogP contribution in [0, 0.1) is 0 Å². The number of anilines is 1. The van der Waals surface area contributed by atoms with Gasteiger partial charge in [0.05, 0.1) is 12.4 Å². The number of hydrogen-bond donors (Lipinski definition) is 0. The quantitative estimate of drug-likeness (QED) is 0.257. The molecule has 0 unspecified atom stereocenters. The number of fused-ring (bicyclic) bond motifs is 1. The van der Waals surface area contributed by atoms with Gasteiger partial charge in [0.1, 0.15) is 34.1 Å². The van der Waals surface area contributed by atoms with Crippen molar-refractivity contribution in [2.24, 2.45) is 0 Å². The molecule has 0 fully saturated rings. The molecule has 0 spiro atoms. The van der Waals surface area contributed by atoms with E-state index in [9.17, 15) is 0 Å². The first-order valence-electron chi connectivity index (χ1n) is 12.8. The molecule has 0 aliphatic heterocycles. The summed E-state index contributed by atoms with van der Waals surface area (Å²) in [5.74, 6) is 1.14. The van der Waals surface area contributed by atoms with E-state index < -0.39 is 16.5 Å². The molecule has 2 aromatic heterocycles. The Balaban J connectivity index is 2.81. The fraction of sp³-hybridized carbons (Fsp3) is 0.750. The average Bonchev–Trinajstić information content (AvgIpc) is 2.75. The third-order valence-electron chi connectivity index (χ3n) is 6.68. The van der Waals surface area contributed by atoms with Crippen LogP contribution < -0.4 is 4.23 Å². The molecule has 2 aromatic rings. The molecule has 0 bridgehead atoms. The van der Waals surface area contributed by atoms with Crippen LogP contribution in [0.25, 0.3) is 11.2 Å². The van der Waals surface area contributed by atoms with Crippen molar-refractivity contribution in [3.8, 4) is 0 Å². The summed E-state index contributed by atoms with van der Waals surface area (Å²) in [7, 11) is -3.50. The fourth-order valence-corrected chi connectivity index (χ4v) is 21.7. The van der Waals surface area contributed by atoms with E-state index in [1.807, 2.05) is 6.20 Å². The van der Waals surface area contributed by atoms with Crippen LogP contribution in [-0.2, 0) is 0 Å². The lowest BCUT2D eigenvalue weighted by Gasteiger charge is -2.54. The third kappa shape index (κ3) is 5.92. The molecule has 0 atom stereocenters. The Morgan fingerprint density at radius 3 is 1.52 bits per heavy atom. The Hall–Kier alpha value is -1.35. The topological polar surface area (TPSA) is 54.8 Å². The second-order valence-electron chi connectivity index (χ2n) is 9.24. The van der Waals surface area contributed by atoms with Gasteiger partial charge in [0.2, 0.25) is 0 Å². The van der Waals surface area contributed by atoms with Crippen LogP contribution in [0.4, 0.5) is 5.82 Å².